The summed E-state index contributed by atoms with van der Waals surface area (Å²) in [5.41, 5.74) is 2.55. The zero-order valence-corrected chi connectivity index (χ0v) is 14.6. The molecule has 6 heteroatoms. The summed E-state index contributed by atoms with van der Waals surface area (Å²) in [5, 5.41) is 0. The molecule has 6 nitrogen and oxygen atoms in total. The Hall–Kier alpha value is -1.92. The average Bonchev–Trinajstić information content (AvgIpc) is 3.00. The largest absolute Gasteiger partial charge is 0.381 e. The number of H-pyrrole nitrogens is 1. The van der Waals surface area contributed by atoms with Gasteiger partial charge in [-0.15, -0.1) is 0 Å². The first kappa shape index (κ1) is 16.5. The quantitative estimate of drug-likeness (QED) is 0.928. The Morgan fingerprint density at radius 3 is 3.08 bits per heavy atom. The predicted octanol–water partition coefficient (Wildman–Crippen LogP) is 2.14. The molecule has 4 rings (SSSR count). The van der Waals surface area contributed by atoms with Crippen LogP contribution in [0.4, 0.5) is 0 Å². The van der Waals surface area contributed by atoms with Crippen molar-refractivity contribution in [2.24, 2.45) is 5.92 Å². The topological polar surface area (TPSA) is 61.5 Å². The van der Waals surface area contributed by atoms with Crippen LogP contribution in [0.5, 0.6) is 0 Å². The molecule has 0 bridgehead atoms. The molecule has 2 aliphatic heterocycles. The van der Waals surface area contributed by atoms with E-state index in [4.69, 9.17) is 4.74 Å². The second-order valence-corrected chi connectivity index (χ2v) is 7.16. The van der Waals surface area contributed by atoms with Gasteiger partial charge in [0, 0.05) is 38.3 Å². The first-order chi connectivity index (χ1) is 12.3. The zero-order valence-electron chi connectivity index (χ0n) is 14.6. The Labute approximate surface area is 148 Å². The number of amides is 1. The number of aromatic nitrogens is 2. The van der Waals surface area contributed by atoms with Crippen molar-refractivity contribution in [2.45, 2.75) is 19.3 Å². The highest BCUT2D eigenvalue weighted by atomic mass is 16.5. The number of rotatable bonds is 3. The van der Waals surface area contributed by atoms with Gasteiger partial charge in [0.2, 0.25) is 0 Å². The second kappa shape index (κ2) is 7.54. The number of hydrogen-bond acceptors (Lipinski definition) is 4. The lowest BCUT2D eigenvalue weighted by molar-refractivity contribution is 0.0389. The van der Waals surface area contributed by atoms with Crippen molar-refractivity contribution >= 4 is 16.9 Å². The fraction of sp³-hybridized carbons (Fsp3) is 0.579. The Balaban J connectivity index is 1.37. The highest BCUT2D eigenvalue weighted by molar-refractivity contribution is 5.97. The number of carbonyl (C=O) groups excluding carboxylic acids is 1. The van der Waals surface area contributed by atoms with E-state index in [2.05, 4.69) is 14.9 Å². The third-order valence-electron chi connectivity index (χ3n) is 5.31. The van der Waals surface area contributed by atoms with Crippen molar-refractivity contribution in [2.75, 3.05) is 45.9 Å². The molecule has 0 spiro atoms. The molecule has 2 saturated heterocycles. The summed E-state index contributed by atoms with van der Waals surface area (Å²) in [6.07, 6.45) is 5.14. The molecule has 134 valence electrons. The number of hydrogen-bond donors (Lipinski definition) is 1. The number of fused-ring (bicyclic) bond motifs is 1. The molecule has 2 aliphatic rings. The van der Waals surface area contributed by atoms with Gasteiger partial charge in [-0.25, -0.2) is 4.98 Å². The number of nitrogens with zero attached hydrogens (tertiary/aromatic N) is 3. The van der Waals surface area contributed by atoms with Gasteiger partial charge in [0.25, 0.3) is 5.91 Å². The van der Waals surface area contributed by atoms with Gasteiger partial charge >= 0.3 is 0 Å². The molecule has 0 aliphatic carbocycles. The van der Waals surface area contributed by atoms with Crippen LogP contribution in [0, 0.1) is 5.92 Å². The third kappa shape index (κ3) is 3.85. The Bertz CT molecular complexity index is 723. The van der Waals surface area contributed by atoms with Crippen LogP contribution in [0.15, 0.2) is 24.5 Å². The van der Waals surface area contributed by atoms with E-state index < -0.39 is 0 Å². The molecule has 1 amide bonds. The normalized spacial score (nSPS) is 22.9. The molecular formula is C19H26N4O2. The van der Waals surface area contributed by atoms with E-state index in [1.165, 1.54) is 12.8 Å². The van der Waals surface area contributed by atoms with Crippen LogP contribution in [0.3, 0.4) is 0 Å². The minimum atomic E-state index is 0.124. The van der Waals surface area contributed by atoms with Crippen LogP contribution in [0.25, 0.3) is 11.0 Å². The van der Waals surface area contributed by atoms with E-state index >= 15 is 0 Å². The monoisotopic (exact) mass is 342 g/mol. The smallest absolute Gasteiger partial charge is 0.253 e. The Morgan fingerprint density at radius 1 is 1.24 bits per heavy atom. The van der Waals surface area contributed by atoms with Crippen molar-refractivity contribution in [1.82, 2.24) is 19.8 Å². The van der Waals surface area contributed by atoms with Gasteiger partial charge in [-0.3, -0.25) is 4.79 Å². The summed E-state index contributed by atoms with van der Waals surface area (Å²) >= 11 is 0. The summed E-state index contributed by atoms with van der Waals surface area (Å²) in [7, 11) is 0. The number of nitrogens with one attached hydrogen (secondary N) is 1. The molecule has 1 N–H and O–H groups in total. The van der Waals surface area contributed by atoms with Gasteiger partial charge in [0.1, 0.15) is 0 Å². The molecule has 1 atom stereocenters. The van der Waals surface area contributed by atoms with Gasteiger partial charge in [-0.05, 0) is 49.9 Å². The van der Waals surface area contributed by atoms with Crippen LogP contribution in [0.1, 0.15) is 29.6 Å². The maximum atomic E-state index is 12.9. The number of imidazole rings is 1. The van der Waals surface area contributed by atoms with Crippen LogP contribution < -0.4 is 0 Å². The van der Waals surface area contributed by atoms with Crippen LogP contribution >= 0.6 is 0 Å². The predicted molar refractivity (Wildman–Crippen MR) is 96.6 cm³/mol. The molecule has 3 heterocycles. The van der Waals surface area contributed by atoms with E-state index in [-0.39, 0.29) is 5.91 Å². The summed E-state index contributed by atoms with van der Waals surface area (Å²) in [6, 6.07) is 5.70. The van der Waals surface area contributed by atoms with Crippen molar-refractivity contribution in [3.8, 4) is 0 Å². The average molecular weight is 342 g/mol. The lowest BCUT2D eigenvalue weighted by Gasteiger charge is -2.28. The van der Waals surface area contributed by atoms with Gasteiger partial charge in [-0.1, -0.05) is 0 Å². The minimum absolute atomic E-state index is 0.124. The van der Waals surface area contributed by atoms with Gasteiger partial charge in [0.05, 0.1) is 24.0 Å². The van der Waals surface area contributed by atoms with Crippen LogP contribution in [-0.2, 0) is 4.74 Å². The SMILES string of the molecule is O=C(c1ccc2nc[nH]c2c1)N1CCCN(CC2CCCOC2)CC1. The number of carbonyl (C=O) groups is 1. The van der Waals surface area contributed by atoms with E-state index in [0.717, 1.165) is 69.0 Å². The van der Waals surface area contributed by atoms with Crippen molar-refractivity contribution in [1.29, 1.82) is 0 Å². The highest BCUT2D eigenvalue weighted by Crippen LogP contribution is 2.18. The molecular weight excluding hydrogens is 316 g/mol. The first-order valence-corrected chi connectivity index (χ1v) is 9.32. The van der Waals surface area contributed by atoms with Crippen molar-refractivity contribution in [3.63, 3.8) is 0 Å². The lowest BCUT2D eigenvalue weighted by Crippen LogP contribution is -2.38. The van der Waals surface area contributed by atoms with Crippen molar-refractivity contribution < 1.29 is 9.53 Å². The van der Waals surface area contributed by atoms with Crippen LogP contribution in [0.2, 0.25) is 0 Å². The standard InChI is InChI=1S/C19H26N4O2/c24-19(16-4-5-17-18(11-16)21-14-20-17)23-7-2-6-22(8-9-23)12-15-3-1-10-25-13-15/h4-5,11,14-15H,1-3,6-10,12-13H2,(H,20,21). The minimum Gasteiger partial charge on any atom is -0.381 e. The maximum absolute atomic E-state index is 12.9. The number of aromatic amines is 1. The molecule has 1 aromatic carbocycles. The number of benzene rings is 1. The van der Waals surface area contributed by atoms with Gasteiger partial charge in [0.15, 0.2) is 0 Å². The number of ether oxygens (including phenoxy) is 1. The molecule has 2 fully saturated rings. The highest BCUT2D eigenvalue weighted by Gasteiger charge is 2.23. The van der Waals surface area contributed by atoms with E-state index in [1.54, 1.807) is 6.33 Å². The van der Waals surface area contributed by atoms with E-state index in [1.807, 2.05) is 23.1 Å². The van der Waals surface area contributed by atoms with Crippen molar-refractivity contribution in [3.05, 3.63) is 30.1 Å². The maximum Gasteiger partial charge on any atom is 0.253 e. The van der Waals surface area contributed by atoms with E-state index in [9.17, 15) is 4.79 Å². The fourth-order valence-electron chi connectivity index (χ4n) is 3.92. The molecule has 1 aromatic heterocycles. The Kier molecular flexibility index (Phi) is 4.99. The van der Waals surface area contributed by atoms with Crippen LogP contribution in [-0.4, -0.2) is 71.6 Å². The summed E-state index contributed by atoms with van der Waals surface area (Å²) in [5.74, 6) is 0.776. The lowest BCUT2D eigenvalue weighted by atomic mass is 10.0. The second-order valence-electron chi connectivity index (χ2n) is 7.16. The summed E-state index contributed by atoms with van der Waals surface area (Å²) in [4.78, 5) is 24.7. The molecule has 1 unspecified atom stereocenters. The first-order valence-electron chi connectivity index (χ1n) is 9.32. The molecule has 0 saturated carbocycles. The Morgan fingerprint density at radius 2 is 2.20 bits per heavy atom. The summed E-state index contributed by atoms with van der Waals surface area (Å²) < 4.78 is 5.60. The zero-order chi connectivity index (χ0) is 17.1. The molecule has 0 radical (unpaired) electrons. The molecule has 25 heavy (non-hydrogen) atoms. The van der Waals surface area contributed by atoms with E-state index in [0.29, 0.717) is 5.92 Å². The van der Waals surface area contributed by atoms with Gasteiger partial charge < -0.3 is 19.5 Å². The summed E-state index contributed by atoms with van der Waals surface area (Å²) in [6.45, 7) is 6.56. The van der Waals surface area contributed by atoms with Gasteiger partial charge in [-0.2, -0.15) is 0 Å². The fourth-order valence-corrected chi connectivity index (χ4v) is 3.92. The molecule has 2 aromatic rings. The third-order valence-corrected chi connectivity index (χ3v) is 5.31.